The Morgan fingerprint density at radius 2 is 2.10 bits per heavy atom. The van der Waals surface area contributed by atoms with E-state index in [0.29, 0.717) is 12.0 Å². The summed E-state index contributed by atoms with van der Waals surface area (Å²) in [6.07, 6.45) is 5.71. The number of carbonyl (C=O) groups is 1. The van der Waals surface area contributed by atoms with E-state index in [2.05, 4.69) is 15.6 Å². The second kappa shape index (κ2) is 11.6. The summed E-state index contributed by atoms with van der Waals surface area (Å²) in [7, 11) is 3.55. The summed E-state index contributed by atoms with van der Waals surface area (Å²) in [6.45, 7) is 3.24. The molecule has 162 valence electrons. The number of methoxy groups -OCH3 is 1. The van der Waals surface area contributed by atoms with E-state index >= 15 is 0 Å². The van der Waals surface area contributed by atoms with Crippen LogP contribution >= 0.6 is 24.0 Å². The van der Waals surface area contributed by atoms with Gasteiger partial charge in [0.05, 0.1) is 5.69 Å². The van der Waals surface area contributed by atoms with Gasteiger partial charge in [0.1, 0.15) is 5.75 Å². The smallest absolute Gasteiger partial charge is 0.265 e. The Morgan fingerprint density at radius 3 is 2.79 bits per heavy atom. The molecule has 0 aromatic heterocycles. The monoisotopic (exact) mass is 516 g/mol. The lowest BCUT2D eigenvalue weighted by atomic mass is 9.67. The van der Waals surface area contributed by atoms with Crippen LogP contribution in [0.4, 0.5) is 5.69 Å². The zero-order valence-electron chi connectivity index (χ0n) is 17.4. The van der Waals surface area contributed by atoms with E-state index in [1.807, 2.05) is 29.2 Å². The Morgan fingerprint density at radius 1 is 1.31 bits per heavy atom. The van der Waals surface area contributed by atoms with Gasteiger partial charge in [0.15, 0.2) is 12.6 Å². The third kappa shape index (κ3) is 6.21. The lowest BCUT2D eigenvalue weighted by Gasteiger charge is -2.42. The zero-order valence-corrected chi connectivity index (χ0v) is 19.7. The quantitative estimate of drug-likeness (QED) is 0.229. The molecular formula is C21H33IN4O3. The van der Waals surface area contributed by atoms with Crippen LogP contribution in [0.15, 0.2) is 29.3 Å². The van der Waals surface area contributed by atoms with E-state index in [1.54, 1.807) is 14.2 Å². The van der Waals surface area contributed by atoms with Crippen LogP contribution in [0.2, 0.25) is 0 Å². The van der Waals surface area contributed by atoms with Crippen molar-refractivity contribution in [1.82, 2.24) is 10.6 Å². The van der Waals surface area contributed by atoms with Crippen LogP contribution < -0.4 is 20.3 Å². The maximum absolute atomic E-state index is 12.2. The molecular weight excluding hydrogens is 483 g/mol. The van der Waals surface area contributed by atoms with Crippen molar-refractivity contribution in [3.8, 4) is 5.75 Å². The molecule has 0 bridgehead atoms. The molecule has 1 amide bonds. The number of halogens is 1. The molecule has 0 unspecified atom stereocenters. The Labute approximate surface area is 190 Å². The van der Waals surface area contributed by atoms with Gasteiger partial charge in [0, 0.05) is 40.4 Å². The summed E-state index contributed by atoms with van der Waals surface area (Å²) in [5.41, 5.74) is 1.20. The molecule has 3 rings (SSSR count). The molecule has 7 nitrogen and oxygen atoms in total. The molecule has 1 aliphatic carbocycles. The van der Waals surface area contributed by atoms with Gasteiger partial charge in [-0.25, -0.2) is 0 Å². The van der Waals surface area contributed by atoms with E-state index in [0.717, 1.165) is 49.9 Å². The molecule has 8 heteroatoms. The summed E-state index contributed by atoms with van der Waals surface area (Å²) in [5.74, 6) is 1.60. The highest BCUT2D eigenvalue weighted by atomic mass is 127. The number of fused-ring (bicyclic) bond motifs is 1. The van der Waals surface area contributed by atoms with Gasteiger partial charge in [-0.1, -0.05) is 18.6 Å². The normalized spacial score (nSPS) is 17.5. The molecule has 2 N–H and O–H groups in total. The highest BCUT2D eigenvalue weighted by Crippen LogP contribution is 2.43. The molecule has 1 aromatic rings. The van der Waals surface area contributed by atoms with Crippen molar-refractivity contribution >= 4 is 41.5 Å². The molecule has 29 heavy (non-hydrogen) atoms. The SMILES string of the molecule is CN=C(NCCCN1C(=O)COc2ccccc21)NCC1(CCOC)CCC1.I. The fourth-order valence-electron chi connectivity index (χ4n) is 3.85. The van der Waals surface area contributed by atoms with Crippen molar-refractivity contribution in [3.05, 3.63) is 24.3 Å². The van der Waals surface area contributed by atoms with Gasteiger partial charge in [-0.2, -0.15) is 0 Å². The number of aliphatic imine (C=N–C) groups is 1. The Balaban J connectivity index is 0.00000300. The van der Waals surface area contributed by atoms with Crippen LogP contribution in [0.5, 0.6) is 5.75 Å². The predicted molar refractivity (Wildman–Crippen MR) is 126 cm³/mol. The highest BCUT2D eigenvalue weighted by molar-refractivity contribution is 14.0. The summed E-state index contributed by atoms with van der Waals surface area (Å²) in [5, 5.41) is 6.83. The Bertz CT molecular complexity index is 694. The molecule has 0 radical (unpaired) electrons. The molecule has 0 saturated heterocycles. The Kier molecular flexibility index (Phi) is 9.48. The highest BCUT2D eigenvalue weighted by Gasteiger charge is 2.36. The van der Waals surface area contributed by atoms with Crippen LogP contribution in [0.1, 0.15) is 32.1 Å². The summed E-state index contributed by atoms with van der Waals surface area (Å²) < 4.78 is 10.8. The van der Waals surface area contributed by atoms with E-state index in [9.17, 15) is 4.79 Å². The van der Waals surface area contributed by atoms with Crippen LogP contribution in [-0.2, 0) is 9.53 Å². The first-order valence-electron chi connectivity index (χ1n) is 10.1. The van der Waals surface area contributed by atoms with Crippen LogP contribution in [0.3, 0.4) is 0 Å². The molecule has 2 aliphatic rings. The molecule has 0 atom stereocenters. The number of amides is 1. The van der Waals surface area contributed by atoms with Crippen molar-refractivity contribution in [2.45, 2.75) is 32.1 Å². The third-order valence-corrected chi connectivity index (χ3v) is 5.76. The number of para-hydroxylation sites is 2. The van der Waals surface area contributed by atoms with Gasteiger partial charge in [-0.3, -0.25) is 9.79 Å². The molecule has 1 aromatic carbocycles. The predicted octanol–water partition coefficient (Wildman–Crippen LogP) is 2.79. The number of guanidine groups is 1. The van der Waals surface area contributed by atoms with E-state index in [-0.39, 0.29) is 36.5 Å². The largest absolute Gasteiger partial charge is 0.482 e. The number of nitrogens with one attached hydrogen (secondary N) is 2. The van der Waals surface area contributed by atoms with Crippen LogP contribution in [0.25, 0.3) is 0 Å². The van der Waals surface area contributed by atoms with Crippen LogP contribution in [-0.4, -0.2) is 58.9 Å². The standard InChI is InChI=1S/C21H32N4O3.HI/c1-22-20(24-16-21(9-5-10-21)11-14-27-2)23-12-6-13-25-17-7-3-4-8-18(17)28-15-19(25)26;/h3-4,7-8H,5-6,9-16H2,1-2H3,(H2,22,23,24);1H. The molecule has 0 spiro atoms. The third-order valence-electron chi connectivity index (χ3n) is 5.76. The zero-order chi connectivity index (χ0) is 19.8. The molecule has 1 heterocycles. The van der Waals surface area contributed by atoms with Gasteiger partial charge in [-0.15, -0.1) is 24.0 Å². The first-order valence-corrected chi connectivity index (χ1v) is 10.1. The maximum Gasteiger partial charge on any atom is 0.265 e. The number of anilines is 1. The fraction of sp³-hybridized carbons (Fsp3) is 0.619. The molecule has 1 fully saturated rings. The molecule has 1 saturated carbocycles. The van der Waals surface area contributed by atoms with Crippen molar-refractivity contribution < 1.29 is 14.3 Å². The van der Waals surface area contributed by atoms with Crippen molar-refractivity contribution in [1.29, 1.82) is 0 Å². The number of benzene rings is 1. The maximum atomic E-state index is 12.2. The minimum Gasteiger partial charge on any atom is -0.482 e. The van der Waals surface area contributed by atoms with Gasteiger partial charge in [0.2, 0.25) is 0 Å². The first-order chi connectivity index (χ1) is 13.7. The lowest BCUT2D eigenvalue weighted by Crippen LogP contribution is -2.47. The van der Waals surface area contributed by atoms with E-state index < -0.39 is 0 Å². The van der Waals surface area contributed by atoms with Gasteiger partial charge in [-0.05, 0) is 43.2 Å². The number of hydrogen-bond donors (Lipinski definition) is 2. The van der Waals surface area contributed by atoms with Gasteiger partial charge >= 0.3 is 0 Å². The summed E-state index contributed by atoms with van der Waals surface area (Å²) >= 11 is 0. The topological polar surface area (TPSA) is 75.2 Å². The number of ether oxygens (including phenoxy) is 2. The van der Waals surface area contributed by atoms with Crippen molar-refractivity contribution in [3.63, 3.8) is 0 Å². The second-order valence-electron chi connectivity index (χ2n) is 7.60. The fourth-order valence-corrected chi connectivity index (χ4v) is 3.85. The minimum absolute atomic E-state index is 0. The van der Waals surface area contributed by atoms with Crippen molar-refractivity contribution in [2.24, 2.45) is 10.4 Å². The number of hydrogen-bond acceptors (Lipinski definition) is 4. The van der Waals surface area contributed by atoms with Gasteiger partial charge < -0.3 is 25.0 Å². The second-order valence-corrected chi connectivity index (χ2v) is 7.60. The molecule has 1 aliphatic heterocycles. The average molecular weight is 516 g/mol. The Hall–Kier alpha value is -1.55. The number of carbonyl (C=O) groups excluding carboxylic acids is 1. The van der Waals surface area contributed by atoms with Crippen LogP contribution in [0, 0.1) is 5.41 Å². The first kappa shape index (κ1) is 23.7. The number of nitrogens with zero attached hydrogens (tertiary/aromatic N) is 2. The summed E-state index contributed by atoms with van der Waals surface area (Å²) in [4.78, 5) is 18.4. The van der Waals surface area contributed by atoms with E-state index in [1.165, 1.54) is 19.3 Å². The van der Waals surface area contributed by atoms with E-state index in [4.69, 9.17) is 9.47 Å². The lowest BCUT2D eigenvalue weighted by molar-refractivity contribution is -0.121. The number of rotatable bonds is 9. The minimum atomic E-state index is 0. The average Bonchev–Trinajstić information content (AvgIpc) is 2.69. The summed E-state index contributed by atoms with van der Waals surface area (Å²) in [6, 6.07) is 7.68. The van der Waals surface area contributed by atoms with Crippen molar-refractivity contribution in [2.75, 3.05) is 51.9 Å². The van der Waals surface area contributed by atoms with Gasteiger partial charge in [0.25, 0.3) is 5.91 Å².